The Morgan fingerprint density at radius 2 is 1.86 bits per heavy atom. The van der Waals surface area contributed by atoms with Crippen LogP contribution in [0.3, 0.4) is 0 Å². The molecule has 4 nitrogen and oxygen atoms in total. The van der Waals surface area contributed by atoms with Crippen LogP contribution in [0.25, 0.3) is 0 Å². The summed E-state index contributed by atoms with van der Waals surface area (Å²) < 4.78 is 11.1. The molecule has 110 valence electrons. The lowest BCUT2D eigenvalue weighted by atomic mass is 10.2. The van der Waals surface area contributed by atoms with Crippen molar-refractivity contribution in [3.63, 3.8) is 0 Å². The third-order valence-electron chi connectivity index (χ3n) is 3.33. The molecule has 2 heterocycles. The van der Waals surface area contributed by atoms with Gasteiger partial charge in [-0.25, -0.2) is 0 Å². The van der Waals surface area contributed by atoms with E-state index < -0.39 is 0 Å². The molecule has 1 aliphatic rings. The summed E-state index contributed by atoms with van der Waals surface area (Å²) >= 11 is 1.87. The van der Waals surface area contributed by atoms with Gasteiger partial charge in [0.1, 0.15) is 5.75 Å². The molecule has 0 atom stereocenters. The number of rotatable bonds is 3. The molecule has 5 heteroatoms. The summed E-state index contributed by atoms with van der Waals surface area (Å²) in [4.78, 5) is 14.1. The summed E-state index contributed by atoms with van der Waals surface area (Å²) in [6, 6.07) is 11.0. The number of carbonyl (C=O) groups is 1. The SMILES string of the molecule is Cc1ccc(Oc2ccc(C(=O)N3CCSCC3)o2)cc1. The zero-order valence-corrected chi connectivity index (χ0v) is 12.7. The molecule has 2 aromatic rings. The fourth-order valence-corrected chi connectivity index (χ4v) is 3.04. The predicted octanol–water partition coefficient (Wildman–Crippen LogP) is 3.57. The highest BCUT2D eigenvalue weighted by Gasteiger charge is 2.21. The van der Waals surface area contributed by atoms with E-state index in [2.05, 4.69) is 0 Å². The zero-order valence-electron chi connectivity index (χ0n) is 11.9. The first-order valence-electron chi connectivity index (χ1n) is 6.94. The average molecular weight is 303 g/mol. The van der Waals surface area contributed by atoms with Crippen LogP contribution in [0.15, 0.2) is 40.8 Å². The van der Waals surface area contributed by atoms with Crippen molar-refractivity contribution < 1.29 is 13.9 Å². The summed E-state index contributed by atoms with van der Waals surface area (Å²) in [6.07, 6.45) is 0. The van der Waals surface area contributed by atoms with E-state index >= 15 is 0 Å². The number of hydrogen-bond acceptors (Lipinski definition) is 4. The molecule has 0 spiro atoms. The van der Waals surface area contributed by atoms with Crippen LogP contribution in [0.1, 0.15) is 16.1 Å². The fourth-order valence-electron chi connectivity index (χ4n) is 2.13. The first-order valence-corrected chi connectivity index (χ1v) is 8.09. The molecular formula is C16H17NO3S. The van der Waals surface area contributed by atoms with E-state index in [4.69, 9.17) is 9.15 Å². The van der Waals surface area contributed by atoms with Gasteiger partial charge in [0.2, 0.25) is 0 Å². The molecule has 0 aliphatic carbocycles. The number of amides is 1. The molecular weight excluding hydrogens is 286 g/mol. The lowest BCUT2D eigenvalue weighted by Gasteiger charge is -2.25. The molecule has 1 aliphatic heterocycles. The molecule has 0 radical (unpaired) electrons. The largest absolute Gasteiger partial charge is 0.426 e. The number of thioether (sulfide) groups is 1. The van der Waals surface area contributed by atoms with Gasteiger partial charge in [0.05, 0.1) is 0 Å². The lowest BCUT2D eigenvalue weighted by molar-refractivity contribution is 0.0735. The Balaban J connectivity index is 1.68. The quantitative estimate of drug-likeness (QED) is 0.869. The molecule has 1 saturated heterocycles. The van der Waals surface area contributed by atoms with Crippen molar-refractivity contribution in [1.29, 1.82) is 0 Å². The summed E-state index contributed by atoms with van der Waals surface area (Å²) in [5, 5.41) is 0. The van der Waals surface area contributed by atoms with Crippen molar-refractivity contribution >= 4 is 17.7 Å². The standard InChI is InChI=1S/C16H17NO3S/c1-12-2-4-13(5-3-12)19-15-7-6-14(20-15)16(18)17-8-10-21-11-9-17/h2-7H,8-11H2,1H3. The van der Waals surface area contributed by atoms with Crippen LogP contribution in [-0.4, -0.2) is 35.4 Å². The predicted molar refractivity (Wildman–Crippen MR) is 83.2 cm³/mol. The second kappa shape index (κ2) is 6.26. The van der Waals surface area contributed by atoms with E-state index in [-0.39, 0.29) is 5.91 Å². The highest BCUT2D eigenvalue weighted by Crippen LogP contribution is 2.25. The molecule has 1 fully saturated rings. The first-order chi connectivity index (χ1) is 10.2. The maximum absolute atomic E-state index is 12.3. The van der Waals surface area contributed by atoms with Gasteiger partial charge in [-0.3, -0.25) is 4.79 Å². The second-order valence-corrected chi connectivity index (χ2v) is 6.16. The number of carbonyl (C=O) groups excluding carboxylic acids is 1. The van der Waals surface area contributed by atoms with Crippen LogP contribution >= 0.6 is 11.8 Å². The number of aryl methyl sites for hydroxylation is 1. The van der Waals surface area contributed by atoms with E-state index in [0.717, 1.165) is 24.6 Å². The van der Waals surface area contributed by atoms with E-state index in [1.54, 1.807) is 12.1 Å². The zero-order chi connectivity index (χ0) is 14.7. The molecule has 1 aromatic carbocycles. The lowest BCUT2D eigenvalue weighted by Crippen LogP contribution is -2.37. The number of furan rings is 1. The maximum atomic E-state index is 12.3. The van der Waals surface area contributed by atoms with Gasteiger partial charge in [0.25, 0.3) is 11.9 Å². The number of ether oxygens (including phenoxy) is 1. The smallest absolute Gasteiger partial charge is 0.290 e. The van der Waals surface area contributed by atoms with Crippen molar-refractivity contribution in [3.8, 4) is 11.7 Å². The number of benzene rings is 1. The van der Waals surface area contributed by atoms with Crippen LogP contribution in [-0.2, 0) is 0 Å². The molecule has 0 bridgehead atoms. The Morgan fingerprint density at radius 3 is 2.57 bits per heavy atom. The summed E-state index contributed by atoms with van der Waals surface area (Å²) in [7, 11) is 0. The third kappa shape index (κ3) is 3.42. The van der Waals surface area contributed by atoms with Crippen LogP contribution in [0, 0.1) is 6.92 Å². The Labute approximate surface area is 128 Å². The van der Waals surface area contributed by atoms with Gasteiger partial charge >= 0.3 is 0 Å². The molecule has 0 unspecified atom stereocenters. The van der Waals surface area contributed by atoms with Gasteiger partial charge in [-0.1, -0.05) is 17.7 Å². The Morgan fingerprint density at radius 1 is 1.14 bits per heavy atom. The van der Waals surface area contributed by atoms with Crippen molar-refractivity contribution in [2.45, 2.75) is 6.92 Å². The van der Waals surface area contributed by atoms with E-state index in [9.17, 15) is 4.79 Å². The van der Waals surface area contributed by atoms with Gasteiger partial charge in [-0.15, -0.1) is 0 Å². The van der Waals surface area contributed by atoms with Gasteiger partial charge in [-0.05, 0) is 25.1 Å². The first kappa shape index (κ1) is 14.1. The summed E-state index contributed by atoms with van der Waals surface area (Å²) in [5.74, 6) is 3.29. The van der Waals surface area contributed by atoms with Crippen LogP contribution in [0.5, 0.6) is 11.7 Å². The van der Waals surface area contributed by atoms with Gasteiger partial charge in [0.15, 0.2) is 5.76 Å². The molecule has 1 aromatic heterocycles. The Hall–Kier alpha value is -1.88. The molecule has 3 rings (SSSR count). The van der Waals surface area contributed by atoms with E-state index in [1.807, 2.05) is 47.9 Å². The Kier molecular flexibility index (Phi) is 4.20. The van der Waals surface area contributed by atoms with Crippen molar-refractivity contribution in [3.05, 3.63) is 47.7 Å². The molecule has 21 heavy (non-hydrogen) atoms. The van der Waals surface area contributed by atoms with Gasteiger partial charge in [-0.2, -0.15) is 11.8 Å². The minimum absolute atomic E-state index is 0.0611. The topological polar surface area (TPSA) is 42.7 Å². The molecule has 1 amide bonds. The van der Waals surface area contributed by atoms with Gasteiger partial charge < -0.3 is 14.1 Å². The van der Waals surface area contributed by atoms with Crippen molar-refractivity contribution in [2.75, 3.05) is 24.6 Å². The molecule has 0 saturated carbocycles. The van der Waals surface area contributed by atoms with Crippen molar-refractivity contribution in [2.24, 2.45) is 0 Å². The minimum atomic E-state index is -0.0611. The highest BCUT2D eigenvalue weighted by molar-refractivity contribution is 7.99. The van der Waals surface area contributed by atoms with Crippen LogP contribution in [0.2, 0.25) is 0 Å². The highest BCUT2D eigenvalue weighted by atomic mass is 32.2. The molecule has 0 N–H and O–H groups in total. The van der Waals surface area contributed by atoms with E-state index in [1.165, 1.54) is 5.56 Å². The average Bonchev–Trinajstić information content (AvgIpc) is 2.98. The Bertz CT molecular complexity index is 615. The second-order valence-electron chi connectivity index (χ2n) is 4.94. The van der Waals surface area contributed by atoms with Gasteiger partial charge in [0, 0.05) is 30.7 Å². The normalized spacial score (nSPS) is 15.0. The number of hydrogen-bond donors (Lipinski definition) is 0. The van der Waals surface area contributed by atoms with Crippen molar-refractivity contribution in [1.82, 2.24) is 4.90 Å². The van der Waals surface area contributed by atoms with Crippen LogP contribution < -0.4 is 4.74 Å². The monoisotopic (exact) mass is 303 g/mol. The summed E-state index contributed by atoms with van der Waals surface area (Å²) in [5.41, 5.74) is 1.17. The third-order valence-corrected chi connectivity index (χ3v) is 4.27. The number of nitrogens with zero attached hydrogens (tertiary/aromatic N) is 1. The fraction of sp³-hybridized carbons (Fsp3) is 0.312. The van der Waals surface area contributed by atoms with Crippen LogP contribution in [0.4, 0.5) is 0 Å². The maximum Gasteiger partial charge on any atom is 0.290 e. The minimum Gasteiger partial charge on any atom is -0.426 e. The van der Waals surface area contributed by atoms with E-state index in [0.29, 0.717) is 17.5 Å². The summed E-state index contributed by atoms with van der Waals surface area (Å²) in [6.45, 7) is 3.57.